The number of hydrogen-bond donors (Lipinski definition) is 0. The lowest BCUT2D eigenvalue weighted by Gasteiger charge is -2.34. The maximum atomic E-state index is 13.8. The van der Waals surface area contributed by atoms with Crippen molar-refractivity contribution in [1.82, 2.24) is 4.31 Å². The van der Waals surface area contributed by atoms with Crippen LogP contribution in [0, 0.1) is 0 Å². The maximum Gasteiger partial charge on any atom is 0.243 e. The number of anilines is 1. The summed E-state index contributed by atoms with van der Waals surface area (Å²) >= 11 is 9.73. The van der Waals surface area contributed by atoms with Gasteiger partial charge in [0.25, 0.3) is 0 Å². The second kappa shape index (κ2) is 9.94. The fraction of sp³-hybridized carbons (Fsp3) is 0.458. The highest BCUT2D eigenvalue weighted by atomic mass is 79.9. The summed E-state index contributed by atoms with van der Waals surface area (Å²) < 4.78 is 35.0. The third-order valence-corrected chi connectivity index (χ3v) is 9.21. The van der Waals surface area contributed by atoms with E-state index in [1.54, 1.807) is 11.0 Å². The fourth-order valence-corrected chi connectivity index (χ4v) is 7.30. The van der Waals surface area contributed by atoms with Crippen molar-refractivity contribution in [3.8, 4) is 5.75 Å². The Kier molecular flexibility index (Phi) is 7.38. The topological polar surface area (TPSA) is 66.9 Å². The molecule has 1 unspecified atom stereocenters. The van der Waals surface area contributed by atoms with Gasteiger partial charge in [0.15, 0.2) is 0 Å². The van der Waals surface area contributed by atoms with Gasteiger partial charge >= 0.3 is 0 Å². The highest BCUT2D eigenvalue weighted by Crippen LogP contribution is 2.36. The number of hydrogen-bond acceptors (Lipinski definition) is 4. The number of nitrogens with zero attached hydrogens (tertiary/aromatic N) is 2. The molecular weight excluding hydrogens is 528 g/mol. The third kappa shape index (κ3) is 4.94. The second-order valence-corrected chi connectivity index (χ2v) is 11.9. The number of rotatable bonds is 6. The molecule has 6 nitrogen and oxygen atoms in total. The molecule has 1 saturated carbocycles. The number of ether oxygens (including phenoxy) is 1. The van der Waals surface area contributed by atoms with E-state index < -0.39 is 10.0 Å². The van der Waals surface area contributed by atoms with E-state index in [4.69, 9.17) is 16.3 Å². The Morgan fingerprint density at radius 1 is 1.18 bits per heavy atom. The summed E-state index contributed by atoms with van der Waals surface area (Å²) in [6, 6.07) is 10.0. The monoisotopic (exact) mass is 554 g/mol. The van der Waals surface area contributed by atoms with Gasteiger partial charge in [-0.1, -0.05) is 46.8 Å². The fourth-order valence-electron chi connectivity index (χ4n) is 4.91. The quantitative estimate of drug-likeness (QED) is 0.478. The summed E-state index contributed by atoms with van der Waals surface area (Å²) in [5, 5.41) is 0.223. The van der Waals surface area contributed by atoms with Crippen LogP contribution in [-0.2, 0) is 21.2 Å². The lowest BCUT2D eigenvalue weighted by atomic mass is 9.95. The summed E-state index contributed by atoms with van der Waals surface area (Å²) in [4.78, 5) is 15.4. The van der Waals surface area contributed by atoms with Crippen molar-refractivity contribution in [3.63, 3.8) is 0 Å². The van der Waals surface area contributed by atoms with Crippen molar-refractivity contribution < 1.29 is 17.9 Å². The molecule has 4 rings (SSSR count). The van der Waals surface area contributed by atoms with Gasteiger partial charge in [-0.25, -0.2) is 8.42 Å². The molecule has 0 aromatic heterocycles. The Labute approximate surface area is 209 Å². The maximum absolute atomic E-state index is 13.8. The van der Waals surface area contributed by atoms with E-state index >= 15 is 0 Å². The van der Waals surface area contributed by atoms with Gasteiger partial charge in [-0.05, 0) is 68.1 Å². The van der Waals surface area contributed by atoms with Crippen LogP contribution in [0.4, 0.5) is 5.69 Å². The summed E-state index contributed by atoms with van der Waals surface area (Å²) in [6.07, 6.45) is 5.21. The molecule has 1 amide bonds. The van der Waals surface area contributed by atoms with E-state index in [1.807, 2.05) is 25.1 Å². The lowest BCUT2D eigenvalue weighted by molar-refractivity contribution is -0.119. The molecule has 33 heavy (non-hydrogen) atoms. The van der Waals surface area contributed by atoms with Crippen LogP contribution in [-0.4, -0.2) is 44.4 Å². The Morgan fingerprint density at radius 2 is 1.91 bits per heavy atom. The standard InChI is InChI=1S/C24H28BrClN2O4S/c1-16-12-17-13-18(25)8-10-22(17)28(16)24(29)15-27(19-6-4-3-5-7-19)33(30,31)20-9-11-23(32-2)21(26)14-20/h8-11,13-14,16,19H,3-7,12,15H2,1-2H3. The number of carbonyl (C=O) groups excluding carboxylic acids is 1. The van der Waals surface area contributed by atoms with E-state index in [0.717, 1.165) is 54.2 Å². The van der Waals surface area contributed by atoms with Crippen LogP contribution >= 0.6 is 27.5 Å². The minimum absolute atomic E-state index is 0.0341. The minimum Gasteiger partial charge on any atom is -0.495 e. The van der Waals surface area contributed by atoms with Crippen molar-refractivity contribution in [1.29, 1.82) is 0 Å². The molecule has 1 atom stereocenters. The van der Waals surface area contributed by atoms with Gasteiger partial charge in [0.1, 0.15) is 5.75 Å². The number of methoxy groups -OCH3 is 1. The predicted octanol–water partition coefficient (Wildman–Crippen LogP) is 5.41. The molecule has 1 heterocycles. The molecule has 9 heteroatoms. The number of halogens is 2. The SMILES string of the molecule is COc1ccc(S(=O)(=O)N(CC(=O)N2c3ccc(Br)cc3CC2C)C2CCCCC2)cc1Cl. The Hall–Kier alpha value is -1.61. The minimum atomic E-state index is -3.94. The number of carbonyl (C=O) groups is 1. The van der Waals surface area contributed by atoms with Crippen molar-refractivity contribution in [2.45, 2.75) is 62.4 Å². The van der Waals surface area contributed by atoms with Crippen LogP contribution in [0.2, 0.25) is 5.02 Å². The first-order chi connectivity index (χ1) is 15.7. The van der Waals surface area contributed by atoms with Gasteiger partial charge in [-0.2, -0.15) is 4.31 Å². The van der Waals surface area contributed by atoms with Crippen LogP contribution in [0.1, 0.15) is 44.6 Å². The third-order valence-electron chi connectivity index (χ3n) is 6.53. The van der Waals surface area contributed by atoms with E-state index in [9.17, 15) is 13.2 Å². The van der Waals surface area contributed by atoms with Gasteiger partial charge in [-0.3, -0.25) is 4.79 Å². The molecule has 0 bridgehead atoms. The van der Waals surface area contributed by atoms with E-state index in [-0.39, 0.29) is 34.5 Å². The molecule has 178 valence electrons. The molecule has 0 N–H and O–H groups in total. The summed E-state index contributed by atoms with van der Waals surface area (Å²) in [6.45, 7) is 1.80. The largest absolute Gasteiger partial charge is 0.495 e. The van der Waals surface area contributed by atoms with Crippen LogP contribution < -0.4 is 9.64 Å². The smallest absolute Gasteiger partial charge is 0.243 e. The second-order valence-electron chi connectivity index (χ2n) is 8.73. The molecule has 0 spiro atoms. The summed E-state index contributed by atoms with van der Waals surface area (Å²) in [5.74, 6) is 0.196. The van der Waals surface area contributed by atoms with Gasteiger partial charge in [0.05, 0.1) is 23.6 Å². The first-order valence-corrected chi connectivity index (χ1v) is 13.8. The lowest BCUT2D eigenvalue weighted by Crippen LogP contribution is -2.49. The Bertz CT molecular complexity index is 1150. The summed E-state index contributed by atoms with van der Waals surface area (Å²) in [7, 11) is -2.45. The van der Waals surface area contributed by atoms with Gasteiger partial charge < -0.3 is 9.64 Å². The predicted molar refractivity (Wildman–Crippen MR) is 134 cm³/mol. The first kappa shape index (κ1) is 24.5. The number of fused-ring (bicyclic) bond motifs is 1. The zero-order valence-corrected chi connectivity index (χ0v) is 21.9. The number of sulfonamides is 1. The van der Waals surface area contributed by atoms with Crippen molar-refractivity contribution in [2.24, 2.45) is 0 Å². The van der Waals surface area contributed by atoms with Crippen molar-refractivity contribution in [2.75, 3.05) is 18.6 Å². The summed E-state index contributed by atoms with van der Waals surface area (Å²) in [5.41, 5.74) is 1.93. The molecule has 1 aliphatic carbocycles. The van der Waals surface area contributed by atoms with Crippen molar-refractivity contribution in [3.05, 3.63) is 51.5 Å². The van der Waals surface area contributed by atoms with E-state index in [2.05, 4.69) is 15.9 Å². The first-order valence-electron chi connectivity index (χ1n) is 11.2. The molecule has 0 saturated heterocycles. The van der Waals surface area contributed by atoms with E-state index in [0.29, 0.717) is 5.75 Å². The highest BCUT2D eigenvalue weighted by molar-refractivity contribution is 9.10. The number of amides is 1. The van der Waals surface area contributed by atoms with Gasteiger partial charge in [0, 0.05) is 22.2 Å². The van der Waals surface area contributed by atoms with Crippen LogP contribution in [0.3, 0.4) is 0 Å². The van der Waals surface area contributed by atoms with Gasteiger partial charge in [-0.15, -0.1) is 0 Å². The van der Waals surface area contributed by atoms with Crippen LogP contribution in [0.25, 0.3) is 0 Å². The molecule has 2 aromatic rings. The normalized spacial score (nSPS) is 19.1. The highest BCUT2D eigenvalue weighted by Gasteiger charge is 2.38. The Morgan fingerprint density at radius 3 is 2.58 bits per heavy atom. The Balaban J connectivity index is 1.67. The average Bonchev–Trinajstić information content (AvgIpc) is 3.12. The molecule has 1 fully saturated rings. The van der Waals surface area contributed by atoms with E-state index in [1.165, 1.54) is 23.5 Å². The van der Waals surface area contributed by atoms with Crippen LogP contribution in [0.5, 0.6) is 5.75 Å². The zero-order chi connectivity index (χ0) is 23.8. The molecule has 2 aliphatic rings. The molecule has 0 radical (unpaired) electrons. The molecular formula is C24H28BrClN2O4S. The molecule has 2 aromatic carbocycles. The van der Waals surface area contributed by atoms with Gasteiger partial charge in [0.2, 0.25) is 15.9 Å². The van der Waals surface area contributed by atoms with Crippen LogP contribution in [0.15, 0.2) is 45.8 Å². The molecule has 1 aliphatic heterocycles. The van der Waals surface area contributed by atoms with Crippen molar-refractivity contribution >= 4 is 49.1 Å². The number of benzene rings is 2. The zero-order valence-electron chi connectivity index (χ0n) is 18.8. The average molecular weight is 556 g/mol.